The standard InChI is InChI=1S/C22H37O5P/c1-2-3-4-5-6-7-8-9-10-11-12-13-14-15-16-17-22(23)26-18-21-19-27-28(24,25)20-21/h3-4,6-7,9-10,21H,2,5,8,11-20H2,1H3,(H,24,25)/b4-3-,7-6-,10-9-. The van der Waals surface area contributed by atoms with Crippen LogP contribution < -0.4 is 0 Å². The lowest BCUT2D eigenvalue weighted by atomic mass is 10.1. The molecular weight excluding hydrogens is 375 g/mol. The van der Waals surface area contributed by atoms with Crippen LogP contribution in [0.1, 0.15) is 71.1 Å². The Morgan fingerprint density at radius 1 is 1.04 bits per heavy atom. The molecular formula is C22H37O5P. The largest absolute Gasteiger partial charge is 0.465 e. The van der Waals surface area contributed by atoms with E-state index in [0.29, 0.717) is 6.42 Å². The molecule has 1 aliphatic heterocycles. The van der Waals surface area contributed by atoms with Crippen molar-refractivity contribution in [2.24, 2.45) is 5.92 Å². The van der Waals surface area contributed by atoms with Crippen LogP contribution in [0.25, 0.3) is 0 Å². The molecule has 1 saturated heterocycles. The summed E-state index contributed by atoms with van der Waals surface area (Å²) in [5, 5.41) is 0. The summed E-state index contributed by atoms with van der Waals surface area (Å²) < 4.78 is 21.2. The number of ether oxygens (including phenoxy) is 1. The van der Waals surface area contributed by atoms with Crippen LogP contribution in [0.4, 0.5) is 0 Å². The summed E-state index contributed by atoms with van der Waals surface area (Å²) in [5.41, 5.74) is 0. The molecule has 5 nitrogen and oxygen atoms in total. The summed E-state index contributed by atoms with van der Waals surface area (Å²) in [7, 11) is -3.41. The first-order valence-corrected chi connectivity index (χ1v) is 12.4. The van der Waals surface area contributed by atoms with Crippen LogP contribution in [0.2, 0.25) is 0 Å². The summed E-state index contributed by atoms with van der Waals surface area (Å²) in [6.45, 7) is 2.52. The highest BCUT2D eigenvalue weighted by molar-refractivity contribution is 7.53. The van der Waals surface area contributed by atoms with Gasteiger partial charge in [0.25, 0.3) is 0 Å². The Hall–Kier alpha value is -1.16. The molecule has 0 spiro atoms. The van der Waals surface area contributed by atoms with Crippen LogP contribution in [-0.4, -0.2) is 30.2 Å². The van der Waals surface area contributed by atoms with Crippen molar-refractivity contribution in [2.75, 3.05) is 19.4 Å². The highest BCUT2D eigenvalue weighted by atomic mass is 31.2. The van der Waals surface area contributed by atoms with Crippen LogP contribution in [0.15, 0.2) is 36.5 Å². The van der Waals surface area contributed by atoms with E-state index in [-0.39, 0.29) is 31.3 Å². The number of carbonyl (C=O) groups is 1. The fourth-order valence-electron chi connectivity index (χ4n) is 2.93. The van der Waals surface area contributed by atoms with Crippen molar-refractivity contribution in [3.8, 4) is 0 Å². The molecule has 6 heteroatoms. The highest BCUT2D eigenvalue weighted by Crippen LogP contribution is 2.49. The molecule has 1 heterocycles. The molecule has 2 unspecified atom stereocenters. The van der Waals surface area contributed by atoms with E-state index in [2.05, 4.69) is 43.4 Å². The Kier molecular flexibility index (Phi) is 14.0. The van der Waals surface area contributed by atoms with E-state index in [0.717, 1.165) is 44.9 Å². The van der Waals surface area contributed by atoms with Crippen LogP contribution in [0.5, 0.6) is 0 Å². The normalized spacial score (nSPS) is 22.7. The van der Waals surface area contributed by atoms with Gasteiger partial charge in [0.1, 0.15) is 0 Å². The topological polar surface area (TPSA) is 72.8 Å². The van der Waals surface area contributed by atoms with Gasteiger partial charge in [0, 0.05) is 12.3 Å². The average molecular weight is 413 g/mol. The van der Waals surface area contributed by atoms with E-state index in [4.69, 9.17) is 9.26 Å². The second kappa shape index (κ2) is 15.7. The third-order valence-electron chi connectivity index (χ3n) is 4.51. The Bertz CT molecular complexity index is 553. The van der Waals surface area contributed by atoms with Crippen molar-refractivity contribution in [3.05, 3.63) is 36.5 Å². The number of unbranched alkanes of at least 4 members (excludes halogenated alkanes) is 5. The Morgan fingerprint density at radius 3 is 2.36 bits per heavy atom. The molecule has 2 atom stereocenters. The minimum Gasteiger partial charge on any atom is -0.465 e. The molecule has 0 aliphatic carbocycles. The van der Waals surface area contributed by atoms with Gasteiger partial charge in [-0.15, -0.1) is 0 Å². The first-order valence-electron chi connectivity index (χ1n) is 10.6. The van der Waals surface area contributed by atoms with Crippen molar-refractivity contribution in [2.45, 2.75) is 71.1 Å². The Balaban J connectivity index is 1.87. The molecule has 0 amide bonds. The molecule has 1 rings (SSSR count). The first-order chi connectivity index (χ1) is 13.5. The minimum atomic E-state index is -3.41. The third kappa shape index (κ3) is 13.9. The lowest BCUT2D eigenvalue weighted by Gasteiger charge is -2.08. The molecule has 160 valence electrons. The van der Waals surface area contributed by atoms with Gasteiger partial charge in [-0.2, -0.15) is 0 Å². The van der Waals surface area contributed by atoms with Crippen LogP contribution in [0, 0.1) is 5.92 Å². The third-order valence-corrected chi connectivity index (χ3v) is 6.04. The maximum Gasteiger partial charge on any atom is 0.328 e. The second-order valence-corrected chi connectivity index (χ2v) is 9.16. The summed E-state index contributed by atoms with van der Waals surface area (Å²) in [4.78, 5) is 20.9. The highest BCUT2D eigenvalue weighted by Gasteiger charge is 2.34. The number of carbonyl (C=O) groups excluding carboxylic acids is 1. The van der Waals surface area contributed by atoms with Gasteiger partial charge in [0.2, 0.25) is 0 Å². The monoisotopic (exact) mass is 412 g/mol. The average Bonchev–Trinajstić information content (AvgIpc) is 3.02. The van der Waals surface area contributed by atoms with E-state index in [1.165, 1.54) is 12.8 Å². The van der Waals surface area contributed by atoms with Crippen molar-refractivity contribution in [1.82, 2.24) is 0 Å². The van der Waals surface area contributed by atoms with Gasteiger partial charge in [0.05, 0.1) is 19.4 Å². The molecule has 1 fully saturated rings. The summed E-state index contributed by atoms with van der Waals surface area (Å²) in [6.07, 6.45) is 23.4. The van der Waals surface area contributed by atoms with E-state index >= 15 is 0 Å². The van der Waals surface area contributed by atoms with Crippen molar-refractivity contribution in [3.63, 3.8) is 0 Å². The molecule has 1 N–H and O–H groups in total. The van der Waals surface area contributed by atoms with Gasteiger partial charge in [-0.3, -0.25) is 9.36 Å². The smallest absolute Gasteiger partial charge is 0.328 e. The van der Waals surface area contributed by atoms with Crippen molar-refractivity contribution in [1.29, 1.82) is 0 Å². The summed E-state index contributed by atoms with van der Waals surface area (Å²) in [5.74, 6) is -0.373. The van der Waals surface area contributed by atoms with E-state index in [9.17, 15) is 14.3 Å². The lowest BCUT2D eigenvalue weighted by molar-refractivity contribution is -0.145. The number of esters is 1. The van der Waals surface area contributed by atoms with Gasteiger partial charge in [-0.25, -0.2) is 0 Å². The summed E-state index contributed by atoms with van der Waals surface area (Å²) in [6, 6.07) is 0. The molecule has 0 aromatic heterocycles. The predicted octanol–water partition coefficient (Wildman–Crippen LogP) is 5.95. The SMILES string of the molecule is CC/C=C\C/C=C\C/C=C\CCCCCCCC(=O)OCC1COP(=O)(O)C1. The Morgan fingerprint density at radius 2 is 1.68 bits per heavy atom. The van der Waals surface area contributed by atoms with Crippen molar-refractivity contribution >= 4 is 13.6 Å². The Labute approximate surface area is 170 Å². The fourth-order valence-corrected chi connectivity index (χ4v) is 4.34. The lowest BCUT2D eigenvalue weighted by Crippen LogP contribution is -2.16. The van der Waals surface area contributed by atoms with Crippen LogP contribution in [0.3, 0.4) is 0 Å². The molecule has 1 aliphatic rings. The van der Waals surface area contributed by atoms with Gasteiger partial charge in [0.15, 0.2) is 0 Å². The minimum absolute atomic E-state index is 0.0846. The molecule has 0 radical (unpaired) electrons. The molecule has 0 saturated carbocycles. The zero-order valence-electron chi connectivity index (χ0n) is 17.3. The van der Waals surface area contributed by atoms with E-state index in [1.54, 1.807) is 0 Å². The zero-order chi connectivity index (χ0) is 20.5. The number of hydrogen-bond acceptors (Lipinski definition) is 4. The summed E-state index contributed by atoms with van der Waals surface area (Å²) >= 11 is 0. The van der Waals surface area contributed by atoms with Crippen molar-refractivity contribution < 1.29 is 23.5 Å². The maximum absolute atomic E-state index is 11.7. The predicted molar refractivity (Wildman–Crippen MR) is 114 cm³/mol. The maximum atomic E-state index is 11.7. The fraction of sp³-hybridized carbons (Fsp3) is 0.682. The number of allylic oxidation sites excluding steroid dienone is 6. The van der Waals surface area contributed by atoms with Gasteiger partial charge < -0.3 is 14.2 Å². The first kappa shape index (κ1) is 24.9. The molecule has 0 bridgehead atoms. The zero-order valence-corrected chi connectivity index (χ0v) is 18.2. The molecule has 0 aromatic rings. The molecule has 28 heavy (non-hydrogen) atoms. The molecule has 0 aromatic carbocycles. The van der Waals surface area contributed by atoms with E-state index < -0.39 is 7.60 Å². The number of hydrogen-bond donors (Lipinski definition) is 1. The number of rotatable bonds is 15. The van der Waals surface area contributed by atoms with E-state index in [1.807, 2.05) is 0 Å². The quantitative estimate of drug-likeness (QED) is 0.156. The van der Waals surface area contributed by atoms with Gasteiger partial charge >= 0.3 is 13.6 Å². The van der Waals surface area contributed by atoms with Crippen LogP contribution >= 0.6 is 7.60 Å². The second-order valence-electron chi connectivity index (χ2n) is 7.27. The van der Waals surface area contributed by atoms with Gasteiger partial charge in [-0.05, 0) is 38.5 Å². The van der Waals surface area contributed by atoms with Crippen LogP contribution in [-0.2, 0) is 18.6 Å². The van der Waals surface area contributed by atoms with Gasteiger partial charge in [-0.1, -0.05) is 62.6 Å².